The predicted octanol–water partition coefficient (Wildman–Crippen LogP) is 3.65. The Morgan fingerprint density at radius 3 is 2.68 bits per heavy atom. The van der Waals surface area contributed by atoms with E-state index in [0.717, 1.165) is 18.4 Å². The average Bonchev–Trinajstić information content (AvgIpc) is 3.46. The molecule has 1 fully saturated rings. The number of carbonyl (C=O) groups is 1. The van der Waals surface area contributed by atoms with Gasteiger partial charge in [0.05, 0.1) is 12.0 Å². The van der Waals surface area contributed by atoms with Crippen LogP contribution in [0.15, 0.2) is 52.2 Å². The van der Waals surface area contributed by atoms with Gasteiger partial charge < -0.3 is 14.5 Å². The quantitative estimate of drug-likeness (QED) is 0.534. The lowest BCUT2D eigenvalue weighted by Gasteiger charge is -2.38. The minimum atomic E-state index is -0.264. The van der Waals surface area contributed by atoms with E-state index in [4.69, 9.17) is 9.15 Å². The summed E-state index contributed by atoms with van der Waals surface area (Å²) in [6, 6.07) is 10.2. The molecular weight excluding hydrogens is 419 g/mol. The molecule has 7 nitrogen and oxygen atoms in total. The number of aromatic nitrogens is 3. The van der Waals surface area contributed by atoms with E-state index < -0.39 is 0 Å². The van der Waals surface area contributed by atoms with Crippen molar-refractivity contribution in [1.82, 2.24) is 20.1 Å². The van der Waals surface area contributed by atoms with Crippen molar-refractivity contribution in [2.24, 2.45) is 0 Å². The van der Waals surface area contributed by atoms with Crippen LogP contribution in [0.25, 0.3) is 11.6 Å². The SMILES string of the molecule is CCn1c(SCC(=O)NCC2(c3ccc(F)cc3)CCOCC2)nnc1-c1ccco1. The van der Waals surface area contributed by atoms with Crippen molar-refractivity contribution in [2.45, 2.75) is 36.9 Å². The van der Waals surface area contributed by atoms with Crippen LogP contribution in [-0.4, -0.2) is 46.2 Å². The maximum absolute atomic E-state index is 13.4. The molecule has 2 aromatic heterocycles. The van der Waals surface area contributed by atoms with Crippen molar-refractivity contribution in [3.05, 3.63) is 54.0 Å². The van der Waals surface area contributed by atoms with Crippen LogP contribution in [-0.2, 0) is 21.5 Å². The van der Waals surface area contributed by atoms with Gasteiger partial charge in [-0.25, -0.2) is 4.39 Å². The second kappa shape index (κ2) is 9.65. The minimum absolute atomic E-state index is 0.0804. The van der Waals surface area contributed by atoms with Gasteiger partial charge in [0.15, 0.2) is 16.7 Å². The van der Waals surface area contributed by atoms with E-state index in [1.54, 1.807) is 24.5 Å². The molecule has 164 valence electrons. The number of nitrogens with one attached hydrogen (secondary N) is 1. The van der Waals surface area contributed by atoms with Crippen LogP contribution < -0.4 is 5.32 Å². The molecule has 31 heavy (non-hydrogen) atoms. The molecule has 0 unspecified atom stereocenters. The van der Waals surface area contributed by atoms with Gasteiger partial charge in [0.1, 0.15) is 5.82 Å². The molecule has 4 rings (SSSR count). The molecule has 0 bridgehead atoms. The number of ether oxygens (including phenoxy) is 1. The zero-order valence-electron chi connectivity index (χ0n) is 17.3. The lowest BCUT2D eigenvalue weighted by atomic mass is 9.74. The number of hydrogen-bond donors (Lipinski definition) is 1. The van der Waals surface area contributed by atoms with E-state index in [1.807, 2.05) is 17.6 Å². The first-order chi connectivity index (χ1) is 15.1. The summed E-state index contributed by atoms with van der Waals surface area (Å²) in [6.07, 6.45) is 3.16. The van der Waals surface area contributed by atoms with Crippen molar-refractivity contribution >= 4 is 17.7 Å². The molecule has 1 aromatic carbocycles. The standard InChI is InChI=1S/C22H25FN4O3S/c1-2-27-20(18-4-3-11-30-18)25-26-21(27)31-14-19(28)24-15-22(9-12-29-13-10-22)16-5-7-17(23)8-6-16/h3-8,11H,2,9-10,12-15H2,1H3,(H,24,28). The first-order valence-corrected chi connectivity index (χ1v) is 11.3. The van der Waals surface area contributed by atoms with E-state index in [-0.39, 0.29) is 22.9 Å². The zero-order valence-corrected chi connectivity index (χ0v) is 18.2. The summed E-state index contributed by atoms with van der Waals surface area (Å²) >= 11 is 1.34. The Balaban J connectivity index is 1.39. The lowest BCUT2D eigenvalue weighted by Crippen LogP contribution is -2.45. The molecule has 0 aliphatic carbocycles. The molecule has 3 heterocycles. The Morgan fingerprint density at radius 2 is 2.00 bits per heavy atom. The third kappa shape index (κ3) is 4.83. The highest BCUT2D eigenvalue weighted by atomic mass is 32.2. The molecule has 1 N–H and O–H groups in total. The fourth-order valence-corrected chi connectivity index (χ4v) is 4.68. The van der Waals surface area contributed by atoms with E-state index >= 15 is 0 Å². The van der Waals surface area contributed by atoms with Gasteiger partial charge in [-0.3, -0.25) is 9.36 Å². The fourth-order valence-electron chi connectivity index (χ4n) is 3.85. The van der Waals surface area contributed by atoms with Crippen LogP contribution in [0.1, 0.15) is 25.3 Å². The second-order valence-electron chi connectivity index (χ2n) is 7.49. The molecular formula is C22H25FN4O3S. The maximum atomic E-state index is 13.4. The maximum Gasteiger partial charge on any atom is 0.230 e. The highest BCUT2D eigenvalue weighted by Crippen LogP contribution is 2.34. The molecule has 0 atom stereocenters. The number of hydrogen-bond acceptors (Lipinski definition) is 6. The largest absolute Gasteiger partial charge is 0.461 e. The van der Waals surface area contributed by atoms with Gasteiger partial charge in [-0.2, -0.15) is 0 Å². The van der Waals surface area contributed by atoms with E-state index in [2.05, 4.69) is 15.5 Å². The Kier molecular flexibility index (Phi) is 6.72. The topological polar surface area (TPSA) is 82.2 Å². The average molecular weight is 445 g/mol. The molecule has 1 amide bonds. The van der Waals surface area contributed by atoms with Crippen LogP contribution in [0.2, 0.25) is 0 Å². The van der Waals surface area contributed by atoms with E-state index in [9.17, 15) is 9.18 Å². The molecule has 9 heteroatoms. The van der Waals surface area contributed by atoms with Gasteiger partial charge in [-0.1, -0.05) is 23.9 Å². The Labute approximate surface area is 184 Å². The summed E-state index contributed by atoms with van der Waals surface area (Å²) in [5.74, 6) is 1.18. The molecule has 3 aromatic rings. The van der Waals surface area contributed by atoms with E-state index in [0.29, 0.717) is 43.0 Å². The molecule has 1 saturated heterocycles. The predicted molar refractivity (Wildman–Crippen MR) is 115 cm³/mol. The van der Waals surface area contributed by atoms with Crippen LogP contribution in [0.3, 0.4) is 0 Å². The number of nitrogens with zero attached hydrogens (tertiary/aromatic N) is 3. The van der Waals surface area contributed by atoms with Crippen LogP contribution >= 0.6 is 11.8 Å². The van der Waals surface area contributed by atoms with Crippen molar-refractivity contribution in [3.8, 4) is 11.6 Å². The number of furan rings is 1. The van der Waals surface area contributed by atoms with Gasteiger partial charge in [0, 0.05) is 31.7 Å². The first-order valence-electron chi connectivity index (χ1n) is 10.3. The Hall–Kier alpha value is -2.65. The van der Waals surface area contributed by atoms with Gasteiger partial charge in [0.2, 0.25) is 5.91 Å². The first kappa shape index (κ1) is 21.6. The van der Waals surface area contributed by atoms with Gasteiger partial charge >= 0.3 is 0 Å². The molecule has 0 spiro atoms. The third-order valence-electron chi connectivity index (χ3n) is 5.64. The van der Waals surface area contributed by atoms with Crippen molar-refractivity contribution < 1.29 is 18.3 Å². The van der Waals surface area contributed by atoms with Crippen molar-refractivity contribution in [1.29, 1.82) is 0 Å². The number of carbonyl (C=O) groups excluding carboxylic acids is 1. The molecule has 0 saturated carbocycles. The Morgan fingerprint density at radius 1 is 1.23 bits per heavy atom. The summed E-state index contributed by atoms with van der Waals surface area (Å²) < 4.78 is 26.3. The summed E-state index contributed by atoms with van der Waals surface area (Å²) in [5.41, 5.74) is 0.779. The zero-order chi connectivity index (χ0) is 21.7. The minimum Gasteiger partial charge on any atom is -0.461 e. The summed E-state index contributed by atoms with van der Waals surface area (Å²) in [4.78, 5) is 12.6. The van der Waals surface area contributed by atoms with Crippen LogP contribution in [0.4, 0.5) is 4.39 Å². The number of thioether (sulfide) groups is 1. The highest BCUT2D eigenvalue weighted by Gasteiger charge is 2.35. The fraction of sp³-hybridized carbons (Fsp3) is 0.409. The van der Waals surface area contributed by atoms with Crippen molar-refractivity contribution in [3.63, 3.8) is 0 Å². The highest BCUT2D eigenvalue weighted by molar-refractivity contribution is 7.99. The van der Waals surface area contributed by atoms with Gasteiger partial charge in [-0.15, -0.1) is 10.2 Å². The van der Waals surface area contributed by atoms with Gasteiger partial charge in [0.25, 0.3) is 0 Å². The van der Waals surface area contributed by atoms with Gasteiger partial charge in [-0.05, 0) is 49.6 Å². The summed E-state index contributed by atoms with van der Waals surface area (Å²) in [6.45, 7) is 4.39. The summed E-state index contributed by atoms with van der Waals surface area (Å²) in [7, 11) is 0. The number of benzene rings is 1. The Bertz CT molecular complexity index is 998. The molecule has 1 aliphatic rings. The van der Waals surface area contributed by atoms with Crippen molar-refractivity contribution in [2.75, 3.05) is 25.5 Å². The number of amides is 1. The monoisotopic (exact) mass is 444 g/mol. The van der Waals surface area contributed by atoms with Crippen LogP contribution in [0.5, 0.6) is 0 Å². The summed E-state index contributed by atoms with van der Waals surface area (Å²) in [5, 5.41) is 12.2. The number of halogens is 1. The normalized spacial score (nSPS) is 15.7. The smallest absolute Gasteiger partial charge is 0.230 e. The van der Waals surface area contributed by atoms with E-state index in [1.165, 1.54) is 23.9 Å². The third-order valence-corrected chi connectivity index (χ3v) is 6.60. The van der Waals surface area contributed by atoms with Crippen LogP contribution in [0, 0.1) is 5.82 Å². The second-order valence-corrected chi connectivity index (χ2v) is 8.44. The lowest BCUT2D eigenvalue weighted by molar-refractivity contribution is -0.119. The number of rotatable bonds is 8. The molecule has 1 aliphatic heterocycles. The molecule has 0 radical (unpaired) electrons.